The Kier molecular flexibility index (Phi) is 6.60. The molecule has 0 aromatic heterocycles. The highest BCUT2D eigenvalue weighted by atomic mass is 32.2. The van der Waals surface area contributed by atoms with E-state index in [1.807, 2.05) is 6.92 Å². The number of alkyl halides is 3. The van der Waals surface area contributed by atoms with Gasteiger partial charge in [-0.2, -0.15) is 13.2 Å². The average molecular weight is 439 g/mol. The van der Waals surface area contributed by atoms with E-state index in [0.29, 0.717) is 42.3 Å². The number of rotatable bonds is 7. The minimum absolute atomic E-state index is 0.304. The number of amides is 2. The van der Waals surface area contributed by atoms with E-state index in [1.165, 1.54) is 6.07 Å². The number of hydrogen-bond donors (Lipinski definition) is 1. The number of carbonyl (C=O) groups is 2. The Morgan fingerprint density at radius 2 is 1.80 bits per heavy atom. The molecule has 0 bridgehead atoms. The van der Waals surface area contributed by atoms with Gasteiger partial charge in [0, 0.05) is 6.07 Å². The standard InChI is InChI=1S/C21H20F3NO4S/c1-3-12-9-14(21(22,23)24)6-8-16(12)29-15-7-5-13(17(11-15)28-4-2)10-18-19(26)25-20(27)30-18/h5-9,11,18H,3-4,10H2,1-2H3,(H,25,26,27). The number of imide groups is 1. The maximum Gasteiger partial charge on any atom is 0.416 e. The molecule has 1 unspecified atom stereocenters. The second-order valence-electron chi connectivity index (χ2n) is 6.57. The van der Waals surface area contributed by atoms with Gasteiger partial charge >= 0.3 is 6.18 Å². The molecule has 1 aliphatic heterocycles. The van der Waals surface area contributed by atoms with Crippen molar-refractivity contribution in [3.05, 3.63) is 53.1 Å². The van der Waals surface area contributed by atoms with Crippen molar-refractivity contribution in [1.82, 2.24) is 5.32 Å². The van der Waals surface area contributed by atoms with Crippen LogP contribution in [0.3, 0.4) is 0 Å². The Labute approximate surface area is 175 Å². The van der Waals surface area contributed by atoms with Crippen LogP contribution < -0.4 is 14.8 Å². The normalized spacial score (nSPS) is 16.5. The van der Waals surface area contributed by atoms with Crippen molar-refractivity contribution < 1.29 is 32.2 Å². The van der Waals surface area contributed by atoms with Crippen LogP contribution in [0, 0.1) is 0 Å². The van der Waals surface area contributed by atoms with Gasteiger partial charge in [0.15, 0.2) is 0 Å². The summed E-state index contributed by atoms with van der Waals surface area (Å²) in [6.45, 7) is 3.94. The van der Waals surface area contributed by atoms with Crippen LogP contribution in [0.25, 0.3) is 0 Å². The molecular formula is C21H20F3NO4S. The second-order valence-corrected chi connectivity index (χ2v) is 7.74. The molecule has 0 spiro atoms. The Bertz CT molecular complexity index is 962. The zero-order valence-corrected chi connectivity index (χ0v) is 17.2. The van der Waals surface area contributed by atoms with Gasteiger partial charge in [0.25, 0.3) is 5.24 Å². The maximum absolute atomic E-state index is 13.0. The van der Waals surface area contributed by atoms with Gasteiger partial charge in [-0.05, 0) is 55.2 Å². The predicted octanol–water partition coefficient (Wildman–Crippen LogP) is 5.35. The van der Waals surface area contributed by atoms with E-state index in [1.54, 1.807) is 25.1 Å². The number of ether oxygens (including phenoxy) is 2. The molecule has 30 heavy (non-hydrogen) atoms. The third-order valence-corrected chi connectivity index (χ3v) is 5.49. The summed E-state index contributed by atoms with van der Waals surface area (Å²) in [7, 11) is 0. The van der Waals surface area contributed by atoms with Crippen molar-refractivity contribution in [2.24, 2.45) is 0 Å². The van der Waals surface area contributed by atoms with Crippen molar-refractivity contribution in [1.29, 1.82) is 0 Å². The zero-order chi connectivity index (χ0) is 21.9. The molecule has 1 heterocycles. The van der Waals surface area contributed by atoms with E-state index >= 15 is 0 Å². The summed E-state index contributed by atoms with van der Waals surface area (Å²) in [4.78, 5) is 23.2. The molecule has 2 aromatic carbocycles. The Hall–Kier alpha value is -2.68. The van der Waals surface area contributed by atoms with E-state index < -0.39 is 17.0 Å². The first-order valence-electron chi connectivity index (χ1n) is 9.36. The quantitative estimate of drug-likeness (QED) is 0.630. The summed E-state index contributed by atoms with van der Waals surface area (Å²) in [6, 6.07) is 8.40. The van der Waals surface area contributed by atoms with Crippen LogP contribution in [-0.2, 0) is 23.8 Å². The fourth-order valence-corrected chi connectivity index (χ4v) is 3.89. The van der Waals surface area contributed by atoms with Crippen LogP contribution in [0.5, 0.6) is 17.2 Å². The third-order valence-electron chi connectivity index (χ3n) is 4.51. The number of nitrogens with one attached hydrogen (secondary N) is 1. The minimum Gasteiger partial charge on any atom is -0.493 e. The highest BCUT2D eigenvalue weighted by Crippen LogP contribution is 2.36. The van der Waals surface area contributed by atoms with Gasteiger partial charge in [0.1, 0.15) is 17.2 Å². The van der Waals surface area contributed by atoms with Crippen molar-refractivity contribution >= 4 is 22.9 Å². The first-order chi connectivity index (χ1) is 14.2. The summed E-state index contributed by atoms with van der Waals surface area (Å²) in [6.07, 6.45) is -3.74. The smallest absolute Gasteiger partial charge is 0.416 e. The molecule has 2 amide bonds. The van der Waals surface area contributed by atoms with Gasteiger partial charge in [-0.3, -0.25) is 14.9 Å². The number of thioether (sulfide) groups is 1. The Morgan fingerprint density at radius 1 is 1.03 bits per heavy atom. The Balaban J connectivity index is 1.84. The van der Waals surface area contributed by atoms with Gasteiger partial charge < -0.3 is 9.47 Å². The summed E-state index contributed by atoms with van der Waals surface area (Å²) >= 11 is 0.932. The fourth-order valence-electron chi connectivity index (χ4n) is 3.04. The van der Waals surface area contributed by atoms with Crippen molar-refractivity contribution in [2.75, 3.05) is 6.61 Å². The van der Waals surface area contributed by atoms with E-state index in [0.717, 1.165) is 29.5 Å². The lowest BCUT2D eigenvalue weighted by Crippen LogP contribution is -2.25. The molecule has 2 aromatic rings. The van der Waals surface area contributed by atoms with Gasteiger partial charge in [-0.1, -0.05) is 24.8 Å². The van der Waals surface area contributed by atoms with Crippen LogP contribution >= 0.6 is 11.8 Å². The molecule has 1 atom stereocenters. The number of hydrogen-bond acceptors (Lipinski definition) is 5. The monoisotopic (exact) mass is 439 g/mol. The Morgan fingerprint density at radius 3 is 2.40 bits per heavy atom. The van der Waals surface area contributed by atoms with E-state index in [-0.39, 0.29) is 11.1 Å². The van der Waals surface area contributed by atoms with Crippen molar-refractivity contribution in [3.8, 4) is 17.2 Å². The van der Waals surface area contributed by atoms with Crippen molar-refractivity contribution in [3.63, 3.8) is 0 Å². The molecular weight excluding hydrogens is 419 g/mol. The number of aryl methyl sites for hydroxylation is 1. The molecule has 0 radical (unpaired) electrons. The first kappa shape index (κ1) is 22.0. The topological polar surface area (TPSA) is 64.6 Å². The summed E-state index contributed by atoms with van der Waals surface area (Å²) in [5, 5.41) is 1.34. The predicted molar refractivity (Wildman–Crippen MR) is 107 cm³/mol. The molecule has 9 heteroatoms. The molecule has 1 fully saturated rings. The first-order valence-corrected chi connectivity index (χ1v) is 10.2. The molecule has 1 N–H and O–H groups in total. The SMILES string of the molecule is CCOc1cc(Oc2ccc(C(F)(F)F)cc2CC)ccc1CC1SC(=O)NC1=O. The minimum atomic E-state index is -4.42. The van der Waals surface area contributed by atoms with Gasteiger partial charge in [-0.15, -0.1) is 0 Å². The molecule has 1 saturated heterocycles. The molecule has 0 aliphatic carbocycles. The van der Waals surface area contributed by atoms with E-state index in [9.17, 15) is 22.8 Å². The molecule has 3 rings (SSSR count). The zero-order valence-electron chi connectivity index (χ0n) is 16.3. The molecule has 5 nitrogen and oxygen atoms in total. The summed E-state index contributed by atoms with van der Waals surface area (Å²) in [5.74, 6) is 0.881. The molecule has 0 saturated carbocycles. The summed E-state index contributed by atoms with van der Waals surface area (Å²) in [5.41, 5.74) is 0.443. The van der Waals surface area contributed by atoms with Crippen LogP contribution in [0.4, 0.5) is 18.0 Å². The van der Waals surface area contributed by atoms with Gasteiger partial charge in [-0.25, -0.2) is 0 Å². The number of halogens is 3. The lowest BCUT2D eigenvalue weighted by atomic mass is 10.1. The highest BCUT2D eigenvalue weighted by Gasteiger charge is 2.33. The number of carbonyl (C=O) groups excluding carboxylic acids is 2. The van der Waals surface area contributed by atoms with Crippen molar-refractivity contribution in [2.45, 2.75) is 38.1 Å². The van der Waals surface area contributed by atoms with E-state index in [2.05, 4.69) is 5.32 Å². The average Bonchev–Trinajstić information content (AvgIpc) is 3.00. The van der Waals surface area contributed by atoms with Crippen LogP contribution in [-0.4, -0.2) is 23.0 Å². The van der Waals surface area contributed by atoms with E-state index in [4.69, 9.17) is 9.47 Å². The molecule has 160 valence electrons. The third kappa shape index (κ3) is 5.08. The van der Waals surface area contributed by atoms with Crippen LogP contribution in [0.1, 0.15) is 30.5 Å². The molecule has 1 aliphatic rings. The van der Waals surface area contributed by atoms with Crippen LogP contribution in [0.15, 0.2) is 36.4 Å². The van der Waals surface area contributed by atoms with Gasteiger partial charge in [0.2, 0.25) is 5.91 Å². The number of benzene rings is 2. The van der Waals surface area contributed by atoms with Gasteiger partial charge in [0.05, 0.1) is 17.4 Å². The maximum atomic E-state index is 13.0. The second kappa shape index (κ2) is 8.99. The highest BCUT2D eigenvalue weighted by molar-refractivity contribution is 8.15. The summed E-state index contributed by atoms with van der Waals surface area (Å²) < 4.78 is 50.4. The largest absolute Gasteiger partial charge is 0.493 e. The van der Waals surface area contributed by atoms with Crippen LogP contribution in [0.2, 0.25) is 0 Å². The fraction of sp³-hybridized carbons (Fsp3) is 0.333. The lowest BCUT2D eigenvalue weighted by molar-refractivity contribution is -0.137. The lowest BCUT2D eigenvalue weighted by Gasteiger charge is -2.16.